The molecule has 2 unspecified atom stereocenters. The molecule has 2 fully saturated rings. The van der Waals surface area contributed by atoms with Gasteiger partial charge in [-0.25, -0.2) is 0 Å². The molecule has 2 aliphatic rings. The zero-order valence-electron chi connectivity index (χ0n) is 11.5. The molecule has 2 N–H and O–H groups in total. The Morgan fingerprint density at radius 3 is 2.80 bits per heavy atom. The quantitative estimate of drug-likeness (QED) is 0.864. The summed E-state index contributed by atoms with van der Waals surface area (Å²) in [7, 11) is 0. The Morgan fingerprint density at radius 1 is 1.30 bits per heavy atom. The fourth-order valence-corrected chi connectivity index (χ4v) is 2.77. The molecular formula is C15H20N2O3. The van der Waals surface area contributed by atoms with Crippen molar-refractivity contribution in [2.75, 3.05) is 32.9 Å². The molecule has 5 nitrogen and oxygen atoms in total. The zero-order valence-corrected chi connectivity index (χ0v) is 11.5. The molecule has 3 rings (SSSR count). The van der Waals surface area contributed by atoms with E-state index in [1.807, 2.05) is 35.2 Å². The molecule has 5 heteroatoms. The van der Waals surface area contributed by atoms with Crippen molar-refractivity contribution in [3.63, 3.8) is 0 Å². The normalized spacial score (nSPS) is 30.4. The predicted octanol–water partition coefficient (Wildman–Crippen LogP) is 0.704. The van der Waals surface area contributed by atoms with Crippen LogP contribution in [0, 0.1) is 0 Å². The lowest BCUT2D eigenvalue weighted by atomic mass is 9.97. The predicted molar refractivity (Wildman–Crippen MR) is 74.1 cm³/mol. The Balaban J connectivity index is 1.70. The Bertz CT molecular complexity index is 471. The van der Waals surface area contributed by atoms with Crippen LogP contribution in [0.4, 0.5) is 0 Å². The Hall–Kier alpha value is -1.43. The highest BCUT2D eigenvalue weighted by Crippen LogP contribution is 2.25. The molecule has 1 aromatic carbocycles. The van der Waals surface area contributed by atoms with E-state index >= 15 is 0 Å². The molecule has 20 heavy (non-hydrogen) atoms. The number of hydrogen-bond acceptors (Lipinski definition) is 4. The summed E-state index contributed by atoms with van der Waals surface area (Å²) < 4.78 is 11.1. The van der Waals surface area contributed by atoms with Crippen molar-refractivity contribution in [1.82, 2.24) is 4.90 Å². The van der Waals surface area contributed by atoms with Crippen molar-refractivity contribution in [2.45, 2.75) is 18.1 Å². The average Bonchev–Trinajstić information content (AvgIpc) is 2.96. The molecule has 2 aliphatic heterocycles. The average molecular weight is 276 g/mol. The van der Waals surface area contributed by atoms with Crippen LogP contribution >= 0.6 is 0 Å². The van der Waals surface area contributed by atoms with E-state index in [0.29, 0.717) is 39.3 Å². The molecule has 2 heterocycles. The van der Waals surface area contributed by atoms with Crippen LogP contribution in [0.5, 0.6) is 0 Å². The van der Waals surface area contributed by atoms with Crippen molar-refractivity contribution >= 4 is 5.91 Å². The van der Waals surface area contributed by atoms with Gasteiger partial charge in [0.05, 0.1) is 19.8 Å². The van der Waals surface area contributed by atoms with Gasteiger partial charge in [-0.15, -0.1) is 0 Å². The first kappa shape index (κ1) is 13.5. The highest BCUT2D eigenvalue weighted by molar-refractivity contribution is 5.86. The van der Waals surface area contributed by atoms with E-state index in [1.165, 1.54) is 0 Å². The first-order valence-electron chi connectivity index (χ1n) is 7.02. The van der Waals surface area contributed by atoms with Crippen molar-refractivity contribution < 1.29 is 14.3 Å². The molecule has 1 amide bonds. The van der Waals surface area contributed by atoms with Crippen LogP contribution in [0.15, 0.2) is 30.3 Å². The highest BCUT2D eigenvalue weighted by Gasteiger charge is 2.42. The van der Waals surface area contributed by atoms with Gasteiger partial charge in [-0.2, -0.15) is 0 Å². The molecule has 0 spiro atoms. The van der Waals surface area contributed by atoms with Gasteiger partial charge in [0.1, 0.15) is 11.6 Å². The molecule has 0 aliphatic carbocycles. The fraction of sp³-hybridized carbons (Fsp3) is 0.533. The minimum atomic E-state index is -0.849. The lowest BCUT2D eigenvalue weighted by Crippen LogP contribution is -2.58. The SMILES string of the molecule is NC1(C(=O)N2CCOC(c3ccccc3)C2)CCOC1. The maximum absolute atomic E-state index is 12.6. The van der Waals surface area contributed by atoms with Gasteiger partial charge >= 0.3 is 0 Å². The number of benzene rings is 1. The lowest BCUT2D eigenvalue weighted by molar-refractivity contribution is -0.144. The van der Waals surface area contributed by atoms with E-state index in [2.05, 4.69) is 0 Å². The van der Waals surface area contributed by atoms with E-state index in [1.54, 1.807) is 0 Å². The van der Waals surface area contributed by atoms with Crippen LogP contribution in [0.3, 0.4) is 0 Å². The monoisotopic (exact) mass is 276 g/mol. The van der Waals surface area contributed by atoms with Crippen LogP contribution in [0.2, 0.25) is 0 Å². The fourth-order valence-electron chi connectivity index (χ4n) is 2.77. The number of rotatable bonds is 2. The van der Waals surface area contributed by atoms with Crippen molar-refractivity contribution in [3.8, 4) is 0 Å². The lowest BCUT2D eigenvalue weighted by Gasteiger charge is -2.37. The molecule has 0 aromatic heterocycles. The van der Waals surface area contributed by atoms with Gasteiger partial charge in [0.15, 0.2) is 0 Å². The second-order valence-corrected chi connectivity index (χ2v) is 5.48. The minimum absolute atomic E-state index is 0.0146. The Kier molecular flexibility index (Phi) is 3.74. The molecule has 1 aromatic rings. The molecule has 0 saturated carbocycles. The van der Waals surface area contributed by atoms with E-state index in [4.69, 9.17) is 15.2 Å². The summed E-state index contributed by atoms with van der Waals surface area (Å²) in [5.41, 5.74) is 6.41. The molecular weight excluding hydrogens is 256 g/mol. The third kappa shape index (κ3) is 2.57. The molecule has 2 saturated heterocycles. The van der Waals surface area contributed by atoms with Gasteiger partial charge in [-0.05, 0) is 12.0 Å². The Labute approximate surface area is 118 Å². The highest BCUT2D eigenvalue weighted by atomic mass is 16.5. The molecule has 0 radical (unpaired) electrons. The number of carbonyl (C=O) groups is 1. The van der Waals surface area contributed by atoms with Crippen LogP contribution < -0.4 is 5.73 Å². The van der Waals surface area contributed by atoms with Gasteiger partial charge in [0, 0.05) is 13.2 Å². The third-order valence-corrected chi connectivity index (χ3v) is 4.00. The second kappa shape index (κ2) is 5.52. The molecule has 2 atom stereocenters. The summed E-state index contributed by atoms with van der Waals surface area (Å²) in [5.74, 6) is -0.0146. The van der Waals surface area contributed by atoms with Gasteiger partial charge < -0.3 is 20.1 Å². The number of nitrogens with zero attached hydrogens (tertiary/aromatic N) is 1. The van der Waals surface area contributed by atoms with Gasteiger partial charge in [-0.1, -0.05) is 30.3 Å². The maximum Gasteiger partial charge on any atom is 0.245 e. The minimum Gasteiger partial charge on any atom is -0.379 e. The Morgan fingerprint density at radius 2 is 2.10 bits per heavy atom. The summed E-state index contributed by atoms with van der Waals surface area (Å²) in [6, 6.07) is 9.98. The standard InChI is InChI=1S/C15H20N2O3/c16-15(6-8-19-11-15)14(18)17-7-9-20-13(10-17)12-4-2-1-3-5-12/h1-5,13H,6-11,16H2. The summed E-state index contributed by atoms with van der Waals surface area (Å²) in [4.78, 5) is 14.4. The number of morpholine rings is 1. The number of carbonyl (C=O) groups excluding carboxylic acids is 1. The largest absolute Gasteiger partial charge is 0.379 e. The number of ether oxygens (including phenoxy) is 2. The van der Waals surface area contributed by atoms with Crippen LogP contribution in [-0.4, -0.2) is 49.3 Å². The van der Waals surface area contributed by atoms with Gasteiger partial charge in [-0.3, -0.25) is 4.79 Å². The first-order valence-corrected chi connectivity index (χ1v) is 7.02. The van der Waals surface area contributed by atoms with Crippen molar-refractivity contribution in [1.29, 1.82) is 0 Å². The number of amides is 1. The smallest absolute Gasteiger partial charge is 0.245 e. The summed E-state index contributed by atoms with van der Waals surface area (Å²) in [5, 5.41) is 0. The van der Waals surface area contributed by atoms with Crippen LogP contribution in [0.1, 0.15) is 18.1 Å². The number of hydrogen-bond donors (Lipinski definition) is 1. The third-order valence-electron chi connectivity index (χ3n) is 4.00. The topological polar surface area (TPSA) is 64.8 Å². The molecule has 108 valence electrons. The zero-order chi connectivity index (χ0) is 14.0. The maximum atomic E-state index is 12.6. The van der Waals surface area contributed by atoms with Crippen molar-refractivity contribution in [3.05, 3.63) is 35.9 Å². The summed E-state index contributed by atoms with van der Waals surface area (Å²) >= 11 is 0. The van der Waals surface area contributed by atoms with Gasteiger partial charge in [0.25, 0.3) is 0 Å². The summed E-state index contributed by atoms with van der Waals surface area (Å²) in [6.45, 7) is 2.58. The van der Waals surface area contributed by atoms with E-state index < -0.39 is 5.54 Å². The van der Waals surface area contributed by atoms with Crippen molar-refractivity contribution in [2.24, 2.45) is 5.73 Å². The summed E-state index contributed by atoms with van der Waals surface area (Å²) in [6.07, 6.45) is 0.527. The van der Waals surface area contributed by atoms with E-state index in [0.717, 1.165) is 5.56 Å². The molecule has 0 bridgehead atoms. The van der Waals surface area contributed by atoms with Crippen LogP contribution in [0.25, 0.3) is 0 Å². The number of nitrogens with two attached hydrogens (primary N) is 1. The first-order chi connectivity index (χ1) is 9.69. The second-order valence-electron chi connectivity index (χ2n) is 5.48. The van der Waals surface area contributed by atoms with Crippen LogP contribution in [-0.2, 0) is 14.3 Å². The van der Waals surface area contributed by atoms with Gasteiger partial charge in [0.2, 0.25) is 5.91 Å². The van der Waals surface area contributed by atoms with E-state index in [9.17, 15) is 4.79 Å². The van der Waals surface area contributed by atoms with E-state index in [-0.39, 0.29) is 12.0 Å².